The van der Waals surface area contributed by atoms with Gasteiger partial charge in [-0.25, -0.2) is 9.67 Å². The summed E-state index contributed by atoms with van der Waals surface area (Å²) in [6.45, 7) is 9.10. The fourth-order valence-corrected chi connectivity index (χ4v) is 2.20. The Morgan fingerprint density at radius 1 is 1.16 bits per heavy atom. The number of nitrogens with one attached hydrogen (secondary N) is 1. The Morgan fingerprint density at radius 2 is 1.84 bits per heavy atom. The lowest BCUT2D eigenvalue weighted by Crippen LogP contribution is -2.32. The first kappa shape index (κ1) is 13.7. The number of aromatic nitrogens is 3. The summed E-state index contributed by atoms with van der Waals surface area (Å²) in [5.74, 6) is 1.78. The summed E-state index contributed by atoms with van der Waals surface area (Å²) < 4.78 is 2.01. The molecule has 0 aliphatic rings. The molecule has 0 fully saturated rings. The number of aryl methyl sites for hydroxylation is 2. The number of hydrogen-bond acceptors (Lipinski definition) is 3. The zero-order valence-electron chi connectivity index (χ0n) is 12.1. The zero-order valence-corrected chi connectivity index (χ0v) is 12.1. The summed E-state index contributed by atoms with van der Waals surface area (Å²) in [4.78, 5) is 4.41. The highest BCUT2D eigenvalue weighted by Gasteiger charge is 2.17. The van der Waals surface area contributed by atoms with E-state index in [0.29, 0.717) is 6.04 Å². The molecule has 1 heterocycles. The van der Waals surface area contributed by atoms with E-state index in [0.717, 1.165) is 18.2 Å². The van der Waals surface area contributed by atoms with Gasteiger partial charge in [0, 0.05) is 12.6 Å². The largest absolute Gasteiger partial charge is 0.312 e. The first-order valence-corrected chi connectivity index (χ1v) is 6.76. The van der Waals surface area contributed by atoms with E-state index in [1.54, 1.807) is 0 Å². The molecule has 1 unspecified atom stereocenters. The van der Waals surface area contributed by atoms with Gasteiger partial charge in [0.15, 0.2) is 0 Å². The molecule has 2 aromatic rings. The average molecular weight is 258 g/mol. The van der Waals surface area contributed by atoms with Gasteiger partial charge in [0.1, 0.15) is 11.6 Å². The SMILES string of the molecule is Cc1nc(C)n(C(CNC(C)C)c2ccccc2)n1. The maximum Gasteiger partial charge on any atom is 0.147 e. The Labute approximate surface area is 114 Å². The summed E-state index contributed by atoms with van der Waals surface area (Å²) in [5, 5.41) is 8.02. The number of hydrogen-bond donors (Lipinski definition) is 1. The highest BCUT2D eigenvalue weighted by Crippen LogP contribution is 2.18. The first-order chi connectivity index (χ1) is 9.08. The van der Waals surface area contributed by atoms with E-state index < -0.39 is 0 Å². The third-order valence-corrected chi connectivity index (χ3v) is 3.11. The molecule has 1 N–H and O–H groups in total. The quantitative estimate of drug-likeness (QED) is 0.896. The Hall–Kier alpha value is -1.68. The number of rotatable bonds is 5. The molecule has 0 aliphatic heterocycles. The third kappa shape index (κ3) is 3.41. The number of nitrogens with zero attached hydrogens (tertiary/aromatic N) is 3. The van der Waals surface area contributed by atoms with E-state index >= 15 is 0 Å². The van der Waals surface area contributed by atoms with E-state index in [2.05, 4.69) is 53.5 Å². The molecule has 0 radical (unpaired) electrons. The maximum absolute atomic E-state index is 4.53. The minimum absolute atomic E-state index is 0.185. The monoisotopic (exact) mass is 258 g/mol. The number of benzene rings is 1. The van der Waals surface area contributed by atoms with Crippen molar-refractivity contribution in [3.8, 4) is 0 Å². The van der Waals surface area contributed by atoms with Crippen LogP contribution in [0.5, 0.6) is 0 Å². The Morgan fingerprint density at radius 3 is 2.37 bits per heavy atom. The summed E-state index contributed by atoms with van der Waals surface area (Å²) >= 11 is 0. The van der Waals surface area contributed by atoms with Crippen molar-refractivity contribution >= 4 is 0 Å². The molecule has 19 heavy (non-hydrogen) atoms. The van der Waals surface area contributed by atoms with Gasteiger partial charge >= 0.3 is 0 Å². The van der Waals surface area contributed by atoms with Crippen molar-refractivity contribution < 1.29 is 0 Å². The van der Waals surface area contributed by atoms with Crippen LogP contribution < -0.4 is 5.32 Å². The van der Waals surface area contributed by atoms with Crippen molar-refractivity contribution in [3.05, 3.63) is 47.5 Å². The van der Waals surface area contributed by atoms with E-state index in [1.807, 2.05) is 24.6 Å². The Balaban J connectivity index is 2.31. The smallest absolute Gasteiger partial charge is 0.147 e. The highest BCUT2D eigenvalue weighted by molar-refractivity contribution is 5.20. The van der Waals surface area contributed by atoms with Crippen LogP contribution in [-0.2, 0) is 0 Å². The van der Waals surface area contributed by atoms with Crippen molar-refractivity contribution in [1.82, 2.24) is 20.1 Å². The lowest BCUT2D eigenvalue weighted by molar-refractivity contribution is 0.446. The van der Waals surface area contributed by atoms with Gasteiger partial charge in [-0.15, -0.1) is 0 Å². The third-order valence-electron chi connectivity index (χ3n) is 3.11. The molecule has 0 amide bonds. The lowest BCUT2D eigenvalue weighted by atomic mass is 10.1. The van der Waals surface area contributed by atoms with Crippen molar-refractivity contribution in [1.29, 1.82) is 0 Å². The molecule has 1 aromatic carbocycles. The minimum atomic E-state index is 0.185. The van der Waals surface area contributed by atoms with Gasteiger partial charge in [-0.1, -0.05) is 44.2 Å². The van der Waals surface area contributed by atoms with Gasteiger partial charge in [0.2, 0.25) is 0 Å². The van der Waals surface area contributed by atoms with Gasteiger partial charge in [0.05, 0.1) is 6.04 Å². The molecular weight excluding hydrogens is 236 g/mol. The van der Waals surface area contributed by atoms with Crippen molar-refractivity contribution in [2.24, 2.45) is 0 Å². The molecule has 4 nitrogen and oxygen atoms in total. The summed E-state index contributed by atoms with van der Waals surface area (Å²) in [7, 11) is 0. The lowest BCUT2D eigenvalue weighted by Gasteiger charge is -2.21. The van der Waals surface area contributed by atoms with Crippen LogP contribution in [0.1, 0.15) is 37.1 Å². The standard InChI is InChI=1S/C15H22N4/c1-11(2)16-10-15(14-8-6-5-7-9-14)19-13(4)17-12(3)18-19/h5-9,11,15-16H,10H2,1-4H3. The van der Waals surface area contributed by atoms with Gasteiger partial charge < -0.3 is 5.32 Å². The molecular formula is C15H22N4. The zero-order chi connectivity index (χ0) is 13.8. The molecule has 4 heteroatoms. The second-order valence-electron chi connectivity index (χ2n) is 5.14. The maximum atomic E-state index is 4.53. The predicted octanol–water partition coefficient (Wildman–Crippen LogP) is 2.48. The van der Waals surface area contributed by atoms with E-state index in [-0.39, 0.29) is 6.04 Å². The van der Waals surface area contributed by atoms with E-state index in [4.69, 9.17) is 0 Å². The van der Waals surface area contributed by atoms with Crippen LogP contribution in [-0.4, -0.2) is 27.4 Å². The molecule has 0 saturated carbocycles. The Bertz CT molecular complexity index is 516. The molecule has 0 saturated heterocycles. The van der Waals surface area contributed by atoms with Crippen LogP contribution >= 0.6 is 0 Å². The van der Waals surface area contributed by atoms with Crippen LogP contribution in [0.3, 0.4) is 0 Å². The molecule has 102 valence electrons. The first-order valence-electron chi connectivity index (χ1n) is 6.76. The van der Waals surface area contributed by atoms with Crippen LogP contribution in [0.4, 0.5) is 0 Å². The van der Waals surface area contributed by atoms with Crippen LogP contribution in [0.2, 0.25) is 0 Å². The highest BCUT2D eigenvalue weighted by atomic mass is 15.4. The summed E-state index contributed by atoms with van der Waals surface area (Å²) in [6.07, 6.45) is 0. The second kappa shape index (κ2) is 5.97. The van der Waals surface area contributed by atoms with Crippen LogP contribution in [0.25, 0.3) is 0 Å². The van der Waals surface area contributed by atoms with Gasteiger partial charge in [0.25, 0.3) is 0 Å². The molecule has 2 rings (SSSR count). The molecule has 0 spiro atoms. The van der Waals surface area contributed by atoms with Crippen molar-refractivity contribution in [2.45, 2.75) is 39.8 Å². The average Bonchev–Trinajstić information content (AvgIpc) is 2.70. The van der Waals surface area contributed by atoms with Gasteiger partial charge in [-0.2, -0.15) is 5.10 Å². The molecule has 0 bridgehead atoms. The predicted molar refractivity (Wildman–Crippen MR) is 77.2 cm³/mol. The molecule has 1 atom stereocenters. The fraction of sp³-hybridized carbons (Fsp3) is 0.467. The van der Waals surface area contributed by atoms with Crippen LogP contribution in [0, 0.1) is 13.8 Å². The van der Waals surface area contributed by atoms with Gasteiger partial charge in [-0.05, 0) is 19.4 Å². The van der Waals surface area contributed by atoms with Crippen molar-refractivity contribution in [3.63, 3.8) is 0 Å². The minimum Gasteiger partial charge on any atom is -0.312 e. The van der Waals surface area contributed by atoms with E-state index in [9.17, 15) is 0 Å². The summed E-state index contributed by atoms with van der Waals surface area (Å²) in [6, 6.07) is 11.1. The molecule has 1 aromatic heterocycles. The second-order valence-corrected chi connectivity index (χ2v) is 5.14. The normalized spacial score (nSPS) is 12.9. The topological polar surface area (TPSA) is 42.7 Å². The molecule has 0 aliphatic carbocycles. The van der Waals surface area contributed by atoms with Gasteiger partial charge in [-0.3, -0.25) is 0 Å². The fourth-order valence-electron chi connectivity index (χ4n) is 2.20. The summed E-state index contributed by atoms with van der Waals surface area (Å²) in [5.41, 5.74) is 1.25. The van der Waals surface area contributed by atoms with E-state index in [1.165, 1.54) is 5.56 Å². The van der Waals surface area contributed by atoms with Crippen molar-refractivity contribution in [2.75, 3.05) is 6.54 Å². The Kier molecular flexibility index (Phi) is 4.32. The van der Waals surface area contributed by atoms with Crippen LogP contribution in [0.15, 0.2) is 30.3 Å².